The average molecular weight is 330 g/mol. The van der Waals surface area contributed by atoms with Gasteiger partial charge in [-0.15, -0.1) is 0 Å². The fourth-order valence-corrected chi connectivity index (χ4v) is 2.26. The third-order valence-electron chi connectivity index (χ3n) is 3.59. The summed E-state index contributed by atoms with van der Waals surface area (Å²) in [6.07, 6.45) is -1.47. The molecule has 0 spiro atoms. The molecule has 0 radical (unpaired) electrons. The molecule has 0 saturated heterocycles. The third-order valence-corrected chi connectivity index (χ3v) is 3.59. The Kier molecular flexibility index (Phi) is 4.01. The van der Waals surface area contributed by atoms with Gasteiger partial charge in [0.05, 0.1) is 5.56 Å². The molecule has 24 heavy (non-hydrogen) atoms. The lowest BCUT2D eigenvalue weighted by Gasteiger charge is -2.04. The van der Waals surface area contributed by atoms with Crippen LogP contribution in [0.1, 0.15) is 27.2 Å². The first kappa shape index (κ1) is 16.1. The van der Waals surface area contributed by atoms with Crippen LogP contribution in [0.2, 0.25) is 0 Å². The molecule has 3 rings (SSSR count). The minimum Gasteiger partial charge on any atom is -0.453 e. The van der Waals surface area contributed by atoms with Crippen LogP contribution in [0.3, 0.4) is 0 Å². The van der Waals surface area contributed by atoms with Crippen molar-refractivity contribution in [2.24, 2.45) is 0 Å². The Balaban J connectivity index is 1.86. The number of carbonyl (C=O) groups excluding carboxylic acids is 1. The second-order valence-electron chi connectivity index (χ2n) is 5.47. The Morgan fingerprint density at radius 1 is 1.04 bits per heavy atom. The van der Waals surface area contributed by atoms with E-state index in [1.807, 2.05) is 31.2 Å². The minimum absolute atomic E-state index is 0.00712. The van der Waals surface area contributed by atoms with Gasteiger partial charge in [-0.1, -0.05) is 42.0 Å². The smallest absolute Gasteiger partial charge is 0.416 e. The van der Waals surface area contributed by atoms with Gasteiger partial charge in [-0.05, 0) is 36.8 Å². The van der Waals surface area contributed by atoms with E-state index in [1.165, 1.54) is 18.2 Å². The molecule has 0 unspecified atom stereocenters. The zero-order chi connectivity index (χ0) is 17.3. The van der Waals surface area contributed by atoms with Crippen molar-refractivity contribution in [3.63, 3.8) is 0 Å². The van der Waals surface area contributed by atoms with E-state index in [0.717, 1.165) is 23.3 Å². The van der Waals surface area contributed by atoms with E-state index in [1.54, 1.807) is 6.08 Å². The van der Waals surface area contributed by atoms with E-state index < -0.39 is 17.5 Å². The molecule has 1 aromatic heterocycles. The number of hydrogen-bond acceptors (Lipinski definition) is 2. The molecular weight excluding hydrogens is 317 g/mol. The molecule has 0 N–H and O–H groups in total. The molecule has 0 fully saturated rings. The largest absolute Gasteiger partial charge is 0.453 e. The first-order valence-corrected chi connectivity index (χ1v) is 7.23. The second kappa shape index (κ2) is 6.00. The average Bonchev–Trinajstić information content (AvgIpc) is 2.96. The molecule has 0 aliphatic rings. The summed E-state index contributed by atoms with van der Waals surface area (Å²) in [6.45, 7) is 1.96. The zero-order valence-corrected chi connectivity index (χ0v) is 12.7. The van der Waals surface area contributed by atoms with E-state index in [0.29, 0.717) is 5.39 Å². The maximum Gasteiger partial charge on any atom is 0.416 e. The zero-order valence-electron chi connectivity index (χ0n) is 12.7. The summed E-state index contributed by atoms with van der Waals surface area (Å²) in [5, 5.41) is 0.454. The van der Waals surface area contributed by atoms with Gasteiger partial charge in [0.1, 0.15) is 5.58 Å². The maximum atomic E-state index is 12.7. The predicted molar refractivity (Wildman–Crippen MR) is 85.8 cm³/mol. The van der Waals surface area contributed by atoms with Crippen LogP contribution < -0.4 is 0 Å². The highest BCUT2D eigenvalue weighted by Gasteiger charge is 2.31. The molecule has 2 nitrogen and oxygen atoms in total. The van der Waals surface area contributed by atoms with Crippen LogP contribution >= 0.6 is 0 Å². The first-order chi connectivity index (χ1) is 11.3. The van der Waals surface area contributed by atoms with Crippen LogP contribution in [-0.2, 0) is 6.18 Å². The van der Waals surface area contributed by atoms with Gasteiger partial charge in [0.2, 0.25) is 5.78 Å². The van der Waals surface area contributed by atoms with Gasteiger partial charge < -0.3 is 4.42 Å². The number of benzene rings is 2. The summed E-state index contributed by atoms with van der Waals surface area (Å²) >= 11 is 0. The van der Waals surface area contributed by atoms with Crippen molar-refractivity contribution in [2.45, 2.75) is 13.1 Å². The number of halogens is 3. The summed E-state index contributed by atoms with van der Waals surface area (Å²) in [7, 11) is 0. The number of ketones is 1. The number of carbonyl (C=O) groups is 1. The standard InChI is InChI=1S/C19H13F3O2/c1-12-2-4-13(5-3-12)6-9-16(23)18-10-14-7-8-15(19(20,21)22)11-17(14)24-18/h2-11H,1H3. The molecule has 0 amide bonds. The van der Waals surface area contributed by atoms with Crippen LogP contribution in [0.4, 0.5) is 13.2 Å². The maximum absolute atomic E-state index is 12.7. The number of rotatable bonds is 3. The Morgan fingerprint density at radius 2 is 1.75 bits per heavy atom. The number of alkyl halides is 3. The monoisotopic (exact) mass is 330 g/mol. The quantitative estimate of drug-likeness (QED) is 0.458. The number of allylic oxidation sites excluding steroid dienone is 1. The van der Waals surface area contributed by atoms with Gasteiger partial charge in [-0.25, -0.2) is 0 Å². The van der Waals surface area contributed by atoms with Crippen molar-refractivity contribution >= 4 is 22.8 Å². The molecule has 0 aliphatic carbocycles. The molecule has 0 atom stereocenters. The topological polar surface area (TPSA) is 30.2 Å². The number of aryl methyl sites for hydroxylation is 1. The van der Waals surface area contributed by atoms with Crippen molar-refractivity contribution < 1.29 is 22.4 Å². The Labute approximate surface area is 136 Å². The number of furan rings is 1. The molecule has 2 aromatic carbocycles. The Hall–Kier alpha value is -2.82. The lowest BCUT2D eigenvalue weighted by atomic mass is 10.1. The fraction of sp³-hybridized carbons (Fsp3) is 0.105. The summed E-state index contributed by atoms with van der Waals surface area (Å²) in [6, 6.07) is 12.2. The minimum atomic E-state index is -4.45. The summed E-state index contributed by atoms with van der Waals surface area (Å²) in [4.78, 5) is 12.1. The molecule has 0 bridgehead atoms. The SMILES string of the molecule is Cc1ccc(C=CC(=O)c2cc3ccc(C(F)(F)F)cc3o2)cc1. The van der Waals surface area contributed by atoms with E-state index in [4.69, 9.17) is 4.42 Å². The molecule has 0 saturated carbocycles. The Bertz CT molecular complexity index is 916. The van der Waals surface area contributed by atoms with Gasteiger partial charge in [-0.3, -0.25) is 4.79 Å². The van der Waals surface area contributed by atoms with Crippen molar-refractivity contribution in [1.82, 2.24) is 0 Å². The van der Waals surface area contributed by atoms with Gasteiger partial charge in [0.15, 0.2) is 5.76 Å². The normalized spacial score (nSPS) is 12.2. The summed E-state index contributed by atoms with van der Waals surface area (Å²) in [5.74, 6) is -0.395. The van der Waals surface area contributed by atoms with Crippen molar-refractivity contribution in [3.05, 3.63) is 77.1 Å². The molecule has 1 heterocycles. The summed E-state index contributed by atoms with van der Waals surface area (Å²) < 4.78 is 43.4. The van der Waals surface area contributed by atoms with Crippen molar-refractivity contribution in [1.29, 1.82) is 0 Å². The Morgan fingerprint density at radius 3 is 2.42 bits per heavy atom. The van der Waals surface area contributed by atoms with E-state index in [2.05, 4.69) is 0 Å². The van der Waals surface area contributed by atoms with Crippen LogP contribution in [0.15, 0.2) is 59.0 Å². The van der Waals surface area contributed by atoms with Crippen molar-refractivity contribution in [3.8, 4) is 0 Å². The highest BCUT2D eigenvalue weighted by molar-refractivity contribution is 6.07. The number of fused-ring (bicyclic) bond motifs is 1. The van der Waals surface area contributed by atoms with Gasteiger partial charge in [-0.2, -0.15) is 13.2 Å². The number of hydrogen-bond donors (Lipinski definition) is 0. The lowest BCUT2D eigenvalue weighted by Crippen LogP contribution is -2.03. The first-order valence-electron chi connectivity index (χ1n) is 7.23. The fourth-order valence-electron chi connectivity index (χ4n) is 2.26. The molecule has 122 valence electrons. The van der Waals surface area contributed by atoms with E-state index >= 15 is 0 Å². The highest BCUT2D eigenvalue weighted by Crippen LogP contribution is 2.32. The molecular formula is C19H13F3O2. The molecule has 3 aromatic rings. The lowest BCUT2D eigenvalue weighted by molar-refractivity contribution is -0.137. The molecule has 0 aliphatic heterocycles. The van der Waals surface area contributed by atoms with Crippen LogP contribution in [0.5, 0.6) is 0 Å². The molecule has 5 heteroatoms. The van der Waals surface area contributed by atoms with Gasteiger partial charge in [0.25, 0.3) is 0 Å². The van der Waals surface area contributed by atoms with Crippen LogP contribution in [-0.4, -0.2) is 5.78 Å². The van der Waals surface area contributed by atoms with E-state index in [-0.39, 0.29) is 11.3 Å². The van der Waals surface area contributed by atoms with Crippen LogP contribution in [0, 0.1) is 6.92 Å². The van der Waals surface area contributed by atoms with Crippen molar-refractivity contribution in [2.75, 3.05) is 0 Å². The predicted octanol–water partition coefficient (Wildman–Crippen LogP) is 5.66. The van der Waals surface area contributed by atoms with Gasteiger partial charge >= 0.3 is 6.18 Å². The summed E-state index contributed by atoms with van der Waals surface area (Å²) in [5.41, 5.74) is 1.19. The van der Waals surface area contributed by atoms with Gasteiger partial charge in [0, 0.05) is 5.39 Å². The highest BCUT2D eigenvalue weighted by atomic mass is 19.4. The third kappa shape index (κ3) is 3.40. The second-order valence-corrected chi connectivity index (χ2v) is 5.47. The van der Waals surface area contributed by atoms with E-state index in [9.17, 15) is 18.0 Å². The van der Waals surface area contributed by atoms with Crippen LogP contribution in [0.25, 0.3) is 17.0 Å².